The quantitative estimate of drug-likeness (QED) is 0.598. The zero-order chi connectivity index (χ0) is 19.8. The van der Waals surface area contributed by atoms with Gasteiger partial charge in [-0.25, -0.2) is 4.79 Å². The molecular weight excluding hydrogens is 362 g/mol. The number of nitrogens with zero attached hydrogens (tertiary/aromatic N) is 2. The Morgan fingerprint density at radius 2 is 1.82 bits per heavy atom. The number of rotatable bonds is 8. The average Bonchev–Trinajstić information content (AvgIpc) is 3.22. The molecule has 0 radical (unpaired) electrons. The minimum atomic E-state index is -0.433. The number of methoxy groups -OCH3 is 1. The van der Waals surface area contributed by atoms with Crippen molar-refractivity contribution in [1.82, 2.24) is 15.5 Å². The summed E-state index contributed by atoms with van der Waals surface area (Å²) in [4.78, 5) is 27.5. The second-order valence-electron chi connectivity index (χ2n) is 5.81. The van der Waals surface area contributed by atoms with Crippen molar-refractivity contribution in [1.29, 1.82) is 0 Å². The van der Waals surface area contributed by atoms with Gasteiger partial charge in [0.05, 0.1) is 12.7 Å². The fourth-order valence-corrected chi connectivity index (χ4v) is 2.40. The lowest BCUT2D eigenvalue weighted by Crippen LogP contribution is -2.26. The summed E-state index contributed by atoms with van der Waals surface area (Å²) in [7, 11) is 1.32. The predicted octanol–water partition coefficient (Wildman–Crippen LogP) is 2.41. The SMILES string of the molecule is COC(=O)c1ccc(OCc2noc(C(=O)NCCc3ccccc3)n2)cc1. The van der Waals surface area contributed by atoms with Crippen LogP contribution in [0.2, 0.25) is 0 Å². The van der Waals surface area contributed by atoms with Crippen LogP contribution in [-0.2, 0) is 17.8 Å². The van der Waals surface area contributed by atoms with Crippen LogP contribution in [0.3, 0.4) is 0 Å². The normalized spacial score (nSPS) is 10.3. The Labute approximate surface area is 161 Å². The molecule has 0 atom stereocenters. The summed E-state index contributed by atoms with van der Waals surface area (Å²) in [5, 5.41) is 6.47. The van der Waals surface area contributed by atoms with Gasteiger partial charge < -0.3 is 19.3 Å². The molecule has 28 heavy (non-hydrogen) atoms. The van der Waals surface area contributed by atoms with E-state index in [2.05, 4.69) is 20.2 Å². The monoisotopic (exact) mass is 381 g/mol. The molecule has 0 aliphatic rings. The third kappa shape index (κ3) is 5.16. The van der Waals surface area contributed by atoms with Crippen LogP contribution < -0.4 is 10.1 Å². The Balaban J connectivity index is 1.47. The van der Waals surface area contributed by atoms with E-state index in [-0.39, 0.29) is 18.3 Å². The van der Waals surface area contributed by atoms with E-state index in [9.17, 15) is 9.59 Å². The van der Waals surface area contributed by atoms with Gasteiger partial charge in [0.1, 0.15) is 5.75 Å². The van der Waals surface area contributed by atoms with Gasteiger partial charge in [-0.15, -0.1) is 0 Å². The fraction of sp³-hybridized carbons (Fsp3) is 0.200. The second kappa shape index (κ2) is 9.31. The molecule has 2 aromatic carbocycles. The molecule has 0 unspecified atom stereocenters. The first-order valence-electron chi connectivity index (χ1n) is 8.61. The molecule has 1 heterocycles. The average molecular weight is 381 g/mol. The number of hydrogen-bond donors (Lipinski definition) is 1. The van der Waals surface area contributed by atoms with Gasteiger partial charge in [0.15, 0.2) is 6.61 Å². The summed E-state index contributed by atoms with van der Waals surface area (Å²) < 4.78 is 15.1. The third-order valence-corrected chi connectivity index (χ3v) is 3.85. The maximum absolute atomic E-state index is 12.1. The van der Waals surface area contributed by atoms with Gasteiger partial charge >= 0.3 is 17.8 Å². The predicted molar refractivity (Wildman–Crippen MR) is 98.9 cm³/mol. The number of esters is 1. The maximum atomic E-state index is 12.1. The molecule has 0 aliphatic heterocycles. The first-order chi connectivity index (χ1) is 13.7. The molecule has 0 fully saturated rings. The summed E-state index contributed by atoms with van der Waals surface area (Å²) in [6.45, 7) is 0.488. The summed E-state index contributed by atoms with van der Waals surface area (Å²) in [5.74, 6) is -0.214. The van der Waals surface area contributed by atoms with Gasteiger partial charge in [0, 0.05) is 6.54 Å². The molecule has 1 amide bonds. The topological polar surface area (TPSA) is 104 Å². The summed E-state index contributed by atoms with van der Waals surface area (Å²) >= 11 is 0. The van der Waals surface area contributed by atoms with Gasteiger partial charge in [0.2, 0.25) is 5.82 Å². The van der Waals surface area contributed by atoms with E-state index in [1.54, 1.807) is 24.3 Å². The van der Waals surface area contributed by atoms with E-state index in [1.165, 1.54) is 7.11 Å². The molecule has 0 spiro atoms. The van der Waals surface area contributed by atoms with E-state index in [1.807, 2.05) is 30.3 Å². The first kappa shape index (κ1) is 19.1. The van der Waals surface area contributed by atoms with Gasteiger partial charge in [0.25, 0.3) is 0 Å². The molecule has 0 saturated heterocycles. The molecule has 8 heteroatoms. The van der Waals surface area contributed by atoms with Crippen molar-refractivity contribution in [2.45, 2.75) is 13.0 Å². The standard InChI is InChI=1S/C20H19N3O5/c1-26-20(25)15-7-9-16(10-8-15)27-13-17-22-19(28-23-17)18(24)21-12-11-14-5-3-2-4-6-14/h2-10H,11-13H2,1H3,(H,21,24). The van der Waals surface area contributed by atoms with Crippen LogP contribution in [0.5, 0.6) is 5.75 Å². The van der Waals surface area contributed by atoms with Gasteiger partial charge in [-0.1, -0.05) is 35.5 Å². The molecule has 8 nitrogen and oxygen atoms in total. The van der Waals surface area contributed by atoms with Crippen molar-refractivity contribution < 1.29 is 23.6 Å². The second-order valence-corrected chi connectivity index (χ2v) is 5.81. The largest absolute Gasteiger partial charge is 0.485 e. The Bertz CT molecular complexity index is 923. The van der Waals surface area contributed by atoms with Crippen LogP contribution in [0.4, 0.5) is 0 Å². The van der Waals surface area contributed by atoms with Crippen LogP contribution in [-0.4, -0.2) is 35.7 Å². The Morgan fingerprint density at radius 3 is 2.54 bits per heavy atom. The lowest BCUT2D eigenvalue weighted by Gasteiger charge is -2.04. The number of aromatic nitrogens is 2. The van der Waals surface area contributed by atoms with Crippen LogP contribution in [0, 0.1) is 0 Å². The number of carbonyl (C=O) groups excluding carboxylic acids is 2. The first-order valence-corrected chi connectivity index (χ1v) is 8.61. The summed E-state index contributed by atoms with van der Waals surface area (Å²) in [6.07, 6.45) is 0.707. The number of ether oxygens (including phenoxy) is 2. The van der Waals surface area contributed by atoms with E-state index < -0.39 is 11.9 Å². The number of carbonyl (C=O) groups is 2. The van der Waals surface area contributed by atoms with Crippen LogP contribution in [0.1, 0.15) is 32.4 Å². The van der Waals surface area contributed by atoms with Crippen LogP contribution in [0.15, 0.2) is 59.1 Å². The highest BCUT2D eigenvalue weighted by atomic mass is 16.5. The summed E-state index contributed by atoms with van der Waals surface area (Å²) in [6, 6.07) is 16.3. The Morgan fingerprint density at radius 1 is 1.07 bits per heavy atom. The molecule has 3 rings (SSSR count). The van der Waals surface area contributed by atoms with Gasteiger partial charge in [-0.3, -0.25) is 4.79 Å². The third-order valence-electron chi connectivity index (χ3n) is 3.85. The molecule has 0 saturated carbocycles. The fourth-order valence-electron chi connectivity index (χ4n) is 2.40. The van der Waals surface area contributed by atoms with Crippen molar-refractivity contribution >= 4 is 11.9 Å². The number of hydrogen-bond acceptors (Lipinski definition) is 7. The van der Waals surface area contributed by atoms with Crippen molar-refractivity contribution in [3.8, 4) is 5.75 Å². The Hall–Kier alpha value is -3.68. The molecule has 1 aromatic heterocycles. The number of amides is 1. The minimum Gasteiger partial charge on any atom is -0.485 e. The van der Waals surface area contributed by atoms with Crippen LogP contribution in [0.25, 0.3) is 0 Å². The van der Waals surface area contributed by atoms with Gasteiger partial charge in [-0.05, 0) is 36.2 Å². The molecule has 0 aliphatic carbocycles. The van der Waals surface area contributed by atoms with E-state index >= 15 is 0 Å². The molecule has 0 bridgehead atoms. The molecule has 3 aromatic rings. The minimum absolute atomic E-state index is 0.0262. The molecular formula is C20H19N3O5. The van der Waals surface area contributed by atoms with E-state index in [0.29, 0.717) is 24.3 Å². The Kier molecular flexibility index (Phi) is 6.35. The maximum Gasteiger partial charge on any atom is 0.337 e. The van der Waals surface area contributed by atoms with Crippen molar-refractivity contribution in [3.05, 3.63) is 77.4 Å². The zero-order valence-corrected chi connectivity index (χ0v) is 15.3. The highest BCUT2D eigenvalue weighted by Crippen LogP contribution is 2.14. The zero-order valence-electron chi connectivity index (χ0n) is 15.3. The van der Waals surface area contributed by atoms with E-state index in [0.717, 1.165) is 5.56 Å². The smallest absolute Gasteiger partial charge is 0.337 e. The van der Waals surface area contributed by atoms with Crippen LogP contribution >= 0.6 is 0 Å². The number of benzene rings is 2. The lowest BCUT2D eigenvalue weighted by atomic mass is 10.1. The number of nitrogens with one attached hydrogen (secondary N) is 1. The van der Waals surface area contributed by atoms with Crippen molar-refractivity contribution in [2.24, 2.45) is 0 Å². The highest BCUT2D eigenvalue weighted by Gasteiger charge is 2.15. The van der Waals surface area contributed by atoms with Crippen molar-refractivity contribution in [2.75, 3.05) is 13.7 Å². The van der Waals surface area contributed by atoms with E-state index in [4.69, 9.17) is 9.26 Å². The molecule has 1 N–H and O–H groups in total. The summed E-state index contributed by atoms with van der Waals surface area (Å²) in [5.41, 5.74) is 1.55. The molecule has 144 valence electrons. The highest BCUT2D eigenvalue weighted by molar-refractivity contribution is 5.89. The lowest BCUT2D eigenvalue weighted by molar-refractivity contribution is 0.0600. The van der Waals surface area contributed by atoms with Crippen molar-refractivity contribution in [3.63, 3.8) is 0 Å². The van der Waals surface area contributed by atoms with Gasteiger partial charge in [-0.2, -0.15) is 4.98 Å².